The molecule has 3 aromatic rings. The van der Waals surface area contributed by atoms with E-state index in [1.54, 1.807) is 19.2 Å². The van der Waals surface area contributed by atoms with Gasteiger partial charge in [0.1, 0.15) is 33.7 Å². The third kappa shape index (κ3) is 6.51. The van der Waals surface area contributed by atoms with E-state index in [9.17, 15) is 13.2 Å². The molecule has 0 unspecified atom stereocenters. The Morgan fingerprint density at radius 2 is 1.96 bits per heavy atom. The van der Waals surface area contributed by atoms with Crippen LogP contribution in [0, 0.1) is 6.92 Å². The first kappa shape index (κ1) is 33.1. The number of sulfonamides is 1. The number of hydrogen-bond acceptors (Lipinski definition) is 9. The molecule has 45 heavy (non-hydrogen) atoms. The minimum Gasteiger partial charge on any atom is -0.377 e. The maximum atomic E-state index is 14.2. The van der Waals surface area contributed by atoms with Crippen LogP contribution in [-0.2, 0) is 37.4 Å². The van der Waals surface area contributed by atoms with Crippen molar-refractivity contribution >= 4 is 39.3 Å². The summed E-state index contributed by atoms with van der Waals surface area (Å²) in [7, 11) is -2.91. The van der Waals surface area contributed by atoms with Crippen molar-refractivity contribution in [1.29, 1.82) is 0 Å². The van der Waals surface area contributed by atoms with E-state index in [1.807, 2.05) is 30.0 Å². The van der Waals surface area contributed by atoms with Crippen molar-refractivity contribution in [3.05, 3.63) is 58.4 Å². The second kappa shape index (κ2) is 14.0. The van der Waals surface area contributed by atoms with Crippen molar-refractivity contribution in [2.45, 2.75) is 89.3 Å². The molecule has 1 aromatic carbocycles. The number of aromatic nitrogens is 2. The largest absolute Gasteiger partial charge is 0.377 e. The molecule has 0 radical (unpaired) electrons. The second-order valence-electron chi connectivity index (χ2n) is 11.4. The highest BCUT2D eigenvalue weighted by Crippen LogP contribution is 2.41. The third-order valence-corrected chi connectivity index (χ3v) is 10.5. The predicted molar refractivity (Wildman–Crippen MR) is 172 cm³/mol. The number of aliphatic imine (C=N–C) groups is 1. The van der Waals surface area contributed by atoms with Gasteiger partial charge in [0, 0.05) is 31.9 Å². The number of unbranched alkanes of at least 4 members (excludes halogenated alkanes) is 1. The number of hydrogen-bond donors (Lipinski definition) is 0. The highest BCUT2D eigenvalue weighted by molar-refractivity contribution is 7.93. The summed E-state index contributed by atoms with van der Waals surface area (Å²) < 4.78 is 45.6. The number of ether oxygens (including phenoxy) is 2. The molecule has 1 spiro atoms. The number of carbonyl (C=O) groups excluding carboxylic acids is 1. The Morgan fingerprint density at radius 3 is 2.62 bits per heavy atom. The molecular weight excluding hydrogens is 618 g/mol. The number of methoxy groups -OCH3 is 1. The number of nitrogens with zero attached hydrogens (tertiary/aromatic N) is 5. The molecule has 2 aliphatic rings. The van der Waals surface area contributed by atoms with Crippen LogP contribution in [0.5, 0.6) is 0 Å². The van der Waals surface area contributed by atoms with Gasteiger partial charge in [-0.3, -0.25) is 19.7 Å². The summed E-state index contributed by atoms with van der Waals surface area (Å²) in [6.07, 6.45) is 7.89. The van der Waals surface area contributed by atoms with Gasteiger partial charge in [0.15, 0.2) is 0 Å². The van der Waals surface area contributed by atoms with Gasteiger partial charge >= 0.3 is 0 Å². The van der Waals surface area contributed by atoms with E-state index < -0.39 is 15.6 Å². The first-order chi connectivity index (χ1) is 21.7. The van der Waals surface area contributed by atoms with E-state index in [0.717, 1.165) is 66.2 Å². The van der Waals surface area contributed by atoms with Crippen molar-refractivity contribution in [3.8, 4) is 11.3 Å². The summed E-state index contributed by atoms with van der Waals surface area (Å²) in [6, 6.07) is 8.75. The van der Waals surface area contributed by atoms with Gasteiger partial charge in [-0.25, -0.2) is 12.7 Å². The maximum Gasteiger partial charge on any atom is 0.270 e. The highest BCUT2D eigenvalue weighted by atomic mass is 35.5. The predicted octanol–water partition coefficient (Wildman–Crippen LogP) is 6.28. The van der Waals surface area contributed by atoms with Gasteiger partial charge in [-0.15, -0.1) is 0 Å². The Kier molecular flexibility index (Phi) is 10.3. The van der Waals surface area contributed by atoms with E-state index in [4.69, 9.17) is 30.6 Å². The molecule has 1 saturated carbocycles. The Labute approximate surface area is 269 Å². The Hall–Kier alpha value is -3.32. The summed E-state index contributed by atoms with van der Waals surface area (Å²) in [5.74, 6) is 0.794. The van der Waals surface area contributed by atoms with Crippen LogP contribution in [0.15, 0.2) is 50.9 Å². The zero-order valence-electron chi connectivity index (χ0n) is 26.2. The van der Waals surface area contributed by atoms with Gasteiger partial charge in [0.25, 0.3) is 21.8 Å². The lowest BCUT2D eigenvalue weighted by atomic mass is 9.97. The first-order valence-corrected chi connectivity index (χ1v) is 17.2. The van der Waals surface area contributed by atoms with Crippen molar-refractivity contribution in [2.24, 2.45) is 4.99 Å². The number of amidine groups is 1. The topological polar surface area (TPSA) is 127 Å². The van der Waals surface area contributed by atoms with Crippen molar-refractivity contribution < 1.29 is 27.2 Å². The lowest BCUT2D eigenvalue weighted by Crippen LogP contribution is -2.40. The number of benzene rings is 1. The average Bonchev–Trinajstić information content (AvgIpc) is 3.72. The van der Waals surface area contributed by atoms with E-state index in [0.29, 0.717) is 24.4 Å². The molecular formula is C32H40ClN5O6S. The summed E-state index contributed by atoms with van der Waals surface area (Å²) >= 11 is 6.36. The Balaban J connectivity index is 1.53. The van der Waals surface area contributed by atoms with Crippen LogP contribution in [0.4, 0.5) is 5.88 Å². The van der Waals surface area contributed by atoms with E-state index in [2.05, 4.69) is 17.1 Å². The molecule has 0 saturated heterocycles. The smallest absolute Gasteiger partial charge is 0.270 e. The van der Waals surface area contributed by atoms with Crippen LogP contribution in [0.1, 0.15) is 75.6 Å². The van der Waals surface area contributed by atoms with E-state index in [1.165, 1.54) is 13.2 Å². The van der Waals surface area contributed by atoms with Crippen LogP contribution in [0.25, 0.3) is 11.3 Å². The number of amides is 1. The van der Waals surface area contributed by atoms with Crippen LogP contribution in [-0.4, -0.2) is 61.2 Å². The van der Waals surface area contributed by atoms with Crippen molar-refractivity contribution in [1.82, 2.24) is 15.0 Å². The normalized spacial score (nSPS) is 16.2. The fourth-order valence-corrected chi connectivity index (χ4v) is 7.67. The molecule has 3 heterocycles. The number of pyridine rings is 1. The molecule has 0 atom stereocenters. The molecule has 13 heteroatoms. The number of carbonyl (C=O) groups is 1. The van der Waals surface area contributed by atoms with Gasteiger partial charge in [-0.05, 0) is 56.4 Å². The number of halogens is 1. The van der Waals surface area contributed by atoms with Crippen molar-refractivity contribution in [2.75, 3.05) is 24.8 Å². The molecule has 1 aliphatic carbocycles. The average molecular weight is 658 g/mol. The minimum atomic E-state index is -4.29. The van der Waals surface area contributed by atoms with E-state index >= 15 is 0 Å². The van der Waals surface area contributed by atoms with Gasteiger partial charge in [0.05, 0.1) is 18.8 Å². The number of anilines is 1. The minimum absolute atomic E-state index is 0.0652. The van der Waals surface area contributed by atoms with Crippen LogP contribution < -0.4 is 4.31 Å². The second-order valence-corrected chi connectivity index (χ2v) is 13.6. The zero-order chi connectivity index (χ0) is 32.2. The van der Waals surface area contributed by atoms with Gasteiger partial charge in [-0.2, -0.15) is 0 Å². The molecule has 1 aliphatic heterocycles. The van der Waals surface area contributed by atoms with Crippen LogP contribution in [0.3, 0.4) is 0 Å². The standard InChI is InChI=1S/C32H40ClN5O6S/c1-5-7-12-27-35-32(15-8-9-16-32)31(39)37(27)19-23-13-14-25(24(18-23)20-43-6-2)29-26(11-10-17-34-29)45(40,41)38(21-42-4)30-28(33)22(3)36-44-30/h10-11,13-14,17-18H,5-9,12,15-16,19-21H2,1-4H3. The highest BCUT2D eigenvalue weighted by Gasteiger charge is 2.49. The van der Waals surface area contributed by atoms with Gasteiger partial charge in [-0.1, -0.05) is 61.1 Å². The van der Waals surface area contributed by atoms with E-state index in [-0.39, 0.29) is 40.7 Å². The number of rotatable bonds is 14. The maximum absolute atomic E-state index is 14.2. The fourth-order valence-electron chi connectivity index (χ4n) is 5.96. The lowest BCUT2D eigenvalue weighted by Gasteiger charge is -2.24. The lowest BCUT2D eigenvalue weighted by molar-refractivity contribution is -0.131. The molecule has 242 valence electrons. The third-order valence-electron chi connectivity index (χ3n) is 8.30. The number of aryl methyl sites for hydroxylation is 1. The molecule has 11 nitrogen and oxygen atoms in total. The molecule has 1 amide bonds. The SMILES string of the molecule is CCCCC1=NC2(CCCC2)C(=O)N1Cc1ccc(-c2ncccc2S(=O)(=O)N(COC)c2onc(C)c2Cl)c(COCC)c1. The molecule has 2 aromatic heterocycles. The molecule has 1 fully saturated rings. The molecule has 0 bridgehead atoms. The Morgan fingerprint density at radius 1 is 1.18 bits per heavy atom. The van der Waals surface area contributed by atoms with Gasteiger partial charge in [0.2, 0.25) is 0 Å². The molecule has 0 N–H and O–H groups in total. The summed E-state index contributed by atoms with van der Waals surface area (Å²) in [5.41, 5.74) is 2.19. The van der Waals surface area contributed by atoms with Gasteiger partial charge < -0.3 is 14.0 Å². The fraction of sp³-hybridized carbons (Fsp3) is 0.500. The van der Waals surface area contributed by atoms with Crippen LogP contribution in [0.2, 0.25) is 5.02 Å². The summed E-state index contributed by atoms with van der Waals surface area (Å²) in [5, 5.41) is 3.89. The Bertz CT molecular complexity index is 1670. The van der Waals surface area contributed by atoms with Crippen molar-refractivity contribution in [3.63, 3.8) is 0 Å². The van der Waals surface area contributed by atoms with Crippen LogP contribution >= 0.6 is 11.6 Å². The zero-order valence-corrected chi connectivity index (χ0v) is 27.8. The first-order valence-electron chi connectivity index (χ1n) is 15.4. The summed E-state index contributed by atoms with van der Waals surface area (Å²) in [6.45, 7) is 6.35. The quantitative estimate of drug-likeness (QED) is 0.185. The summed E-state index contributed by atoms with van der Waals surface area (Å²) in [4.78, 5) is 25.1. The monoisotopic (exact) mass is 657 g/mol. The molecule has 5 rings (SSSR count).